The molecular formula is C36H48O4. The third kappa shape index (κ3) is 12.6. The minimum Gasteiger partial charge on any atom is -0.494 e. The standard InChI is InChI=1S/C20H26O.C16H22O3/c1-2-3-4-5-6-10-17-21-20-15-13-19(14-16-20)18-11-8-7-9-12-18;1-3-4-5-6-7-12(2)15(17)13-8-10-14(11-9-13)16(18)19/h7-9,11-16H,2-6,10,17H2,1H3;8-12H,3-7H2,1-2H3,(H,18,19). The number of unbranched alkanes of at least 4 members (excludes halogenated alkanes) is 8. The summed E-state index contributed by atoms with van der Waals surface area (Å²) in [4.78, 5) is 22.9. The third-order valence-electron chi connectivity index (χ3n) is 7.08. The normalized spacial score (nSPS) is 11.3. The molecule has 0 aliphatic rings. The molecule has 0 heterocycles. The zero-order valence-electron chi connectivity index (χ0n) is 24.7. The highest BCUT2D eigenvalue weighted by Crippen LogP contribution is 2.22. The van der Waals surface area contributed by atoms with Crippen molar-refractivity contribution in [2.24, 2.45) is 5.92 Å². The number of carbonyl (C=O) groups is 2. The monoisotopic (exact) mass is 544 g/mol. The number of ketones is 1. The van der Waals surface area contributed by atoms with Crippen LogP contribution in [-0.4, -0.2) is 23.5 Å². The molecule has 4 heteroatoms. The van der Waals surface area contributed by atoms with E-state index in [9.17, 15) is 9.59 Å². The molecule has 4 nitrogen and oxygen atoms in total. The van der Waals surface area contributed by atoms with Gasteiger partial charge in [-0.1, -0.05) is 133 Å². The molecule has 3 rings (SSSR count). The predicted octanol–water partition coefficient (Wildman–Crippen LogP) is 10.3. The van der Waals surface area contributed by atoms with Crippen LogP contribution in [0.5, 0.6) is 5.75 Å². The number of Topliss-reactive ketones (excluding diaryl/α,β-unsaturated/α-hetero) is 1. The fourth-order valence-corrected chi connectivity index (χ4v) is 4.52. The van der Waals surface area contributed by atoms with E-state index in [1.807, 2.05) is 13.0 Å². The molecule has 0 amide bonds. The van der Waals surface area contributed by atoms with Crippen molar-refractivity contribution < 1.29 is 19.4 Å². The van der Waals surface area contributed by atoms with E-state index in [0.29, 0.717) is 5.56 Å². The molecule has 0 saturated carbocycles. The van der Waals surface area contributed by atoms with Crippen molar-refractivity contribution in [1.29, 1.82) is 0 Å². The van der Waals surface area contributed by atoms with E-state index in [1.165, 1.54) is 74.6 Å². The summed E-state index contributed by atoms with van der Waals surface area (Å²) in [7, 11) is 0. The fraction of sp³-hybridized carbons (Fsp3) is 0.444. The fourth-order valence-electron chi connectivity index (χ4n) is 4.52. The summed E-state index contributed by atoms with van der Waals surface area (Å²) >= 11 is 0. The Balaban J connectivity index is 0.000000282. The quantitative estimate of drug-likeness (QED) is 0.136. The third-order valence-corrected chi connectivity index (χ3v) is 7.08. The first-order valence-corrected chi connectivity index (χ1v) is 15.1. The van der Waals surface area contributed by atoms with Crippen LogP contribution in [0.1, 0.15) is 112 Å². The van der Waals surface area contributed by atoms with E-state index in [0.717, 1.165) is 31.6 Å². The number of ether oxygens (including phenoxy) is 1. The van der Waals surface area contributed by atoms with Crippen LogP contribution < -0.4 is 4.74 Å². The van der Waals surface area contributed by atoms with Crippen LogP contribution in [0, 0.1) is 5.92 Å². The molecule has 216 valence electrons. The predicted molar refractivity (Wildman–Crippen MR) is 166 cm³/mol. The summed E-state index contributed by atoms with van der Waals surface area (Å²) in [5.41, 5.74) is 3.31. The Kier molecular flexibility index (Phi) is 16.1. The molecule has 0 radical (unpaired) electrons. The molecule has 0 spiro atoms. The van der Waals surface area contributed by atoms with Crippen molar-refractivity contribution in [1.82, 2.24) is 0 Å². The maximum absolute atomic E-state index is 12.1. The molecule has 0 aromatic heterocycles. The summed E-state index contributed by atoms with van der Waals surface area (Å²) in [5, 5.41) is 8.81. The van der Waals surface area contributed by atoms with Gasteiger partial charge in [-0.25, -0.2) is 4.79 Å². The van der Waals surface area contributed by atoms with Gasteiger partial charge in [0.25, 0.3) is 0 Å². The Morgan fingerprint density at radius 3 is 1.77 bits per heavy atom. The van der Waals surface area contributed by atoms with Gasteiger partial charge in [-0.2, -0.15) is 0 Å². The Morgan fingerprint density at radius 1 is 0.650 bits per heavy atom. The molecule has 0 bridgehead atoms. The van der Waals surface area contributed by atoms with E-state index in [1.54, 1.807) is 12.1 Å². The van der Waals surface area contributed by atoms with Gasteiger partial charge in [0.2, 0.25) is 0 Å². The average Bonchev–Trinajstić information content (AvgIpc) is 2.99. The lowest BCUT2D eigenvalue weighted by atomic mass is 9.93. The van der Waals surface area contributed by atoms with E-state index in [4.69, 9.17) is 9.84 Å². The highest BCUT2D eigenvalue weighted by molar-refractivity contribution is 5.98. The first-order valence-electron chi connectivity index (χ1n) is 15.1. The highest BCUT2D eigenvalue weighted by atomic mass is 16.5. The molecule has 40 heavy (non-hydrogen) atoms. The minimum atomic E-state index is -0.966. The van der Waals surface area contributed by atoms with Crippen LogP contribution >= 0.6 is 0 Å². The second-order valence-corrected chi connectivity index (χ2v) is 10.5. The molecule has 1 N–H and O–H groups in total. The summed E-state index contributed by atoms with van der Waals surface area (Å²) in [6, 6.07) is 25.0. The van der Waals surface area contributed by atoms with Gasteiger partial charge in [-0.3, -0.25) is 4.79 Å². The SMILES string of the molecule is CCCCCCC(C)C(=O)c1ccc(C(=O)O)cc1.CCCCCCCCOc1ccc(-c2ccccc2)cc1. The van der Waals surface area contributed by atoms with Gasteiger partial charge < -0.3 is 9.84 Å². The van der Waals surface area contributed by atoms with Crippen molar-refractivity contribution in [2.45, 2.75) is 91.4 Å². The molecule has 1 unspecified atom stereocenters. The second kappa shape index (κ2) is 19.6. The van der Waals surface area contributed by atoms with Crippen LogP contribution in [0.3, 0.4) is 0 Å². The number of hydrogen-bond acceptors (Lipinski definition) is 3. The topological polar surface area (TPSA) is 63.6 Å². The second-order valence-electron chi connectivity index (χ2n) is 10.5. The number of carboxylic acids is 1. The molecule has 0 saturated heterocycles. The van der Waals surface area contributed by atoms with Crippen LogP contribution in [0.2, 0.25) is 0 Å². The van der Waals surface area contributed by atoms with Crippen LogP contribution in [0.15, 0.2) is 78.9 Å². The number of benzene rings is 3. The smallest absolute Gasteiger partial charge is 0.335 e. The van der Waals surface area contributed by atoms with Gasteiger partial charge in [-0.15, -0.1) is 0 Å². The maximum Gasteiger partial charge on any atom is 0.335 e. The van der Waals surface area contributed by atoms with Crippen molar-refractivity contribution in [3.63, 3.8) is 0 Å². The molecule has 0 aliphatic carbocycles. The highest BCUT2D eigenvalue weighted by Gasteiger charge is 2.15. The van der Waals surface area contributed by atoms with Gasteiger partial charge >= 0.3 is 5.97 Å². The number of carbonyl (C=O) groups excluding carboxylic acids is 1. The Morgan fingerprint density at radius 2 is 1.18 bits per heavy atom. The Labute approximate surface area is 241 Å². The van der Waals surface area contributed by atoms with Crippen LogP contribution in [0.25, 0.3) is 11.1 Å². The largest absolute Gasteiger partial charge is 0.494 e. The van der Waals surface area contributed by atoms with Crippen LogP contribution in [-0.2, 0) is 0 Å². The van der Waals surface area contributed by atoms with Gasteiger partial charge in [0.15, 0.2) is 5.78 Å². The average molecular weight is 545 g/mol. The van der Waals surface area contributed by atoms with Gasteiger partial charge in [0, 0.05) is 11.5 Å². The summed E-state index contributed by atoms with van der Waals surface area (Å²) < 4.78 is 5.80. The zero-order valence-corrected chi connectivity index (χ0v) is 24.7. The molecule has 1 atom stereocenters. The van der Waals surface area contributed by atoms with Crippen LogP contribution in [0.4, 0.5) is 0 Å². The molecular weight excluding hydrogens is 496 g/mol. The molecule has 0 fully saturated rings. The van der Waals surface area contributed by atoms with Gasteiger partial charge in [0.1, 0.15) is 5.75 Å². The van der Waals surface area contributed by atoms with Crippen molar-refractivity contribution in [3.05, 3.63) is 90.0 Å². The minimum absolute atomic E-state index is 0.00698. The Hall–Kier alpha value is -3.40. The number of rotatable bonds is 17. The lowest BCUT2D eigenvalue weighted by Crippen LogP contribution is -2.11. The molecule has 3 aromatic rings. The zero-order chi connectivity index (χ0) is 29.0. The number of carboxylic acid groups (broad SMARTS) is 1. The summed E-state index contributed by atoms with van der Waals surface area (Å²) in [5.74, 6) is 0.121. The first-order chi connectivity index (χ1) is 19.5. The molecule has 3 aromatic carbocycles. The lowest BCUT2D eigenvalue weighted by Gasteiger charge is -2.10. The molecule has 0 aliphatic heterocycles. The van der Waals surface area contributed by atoms with Crippen molar-refractivity contribution >= 4 is 11.8 Å². The first kappa shape index (κ1) is 32.8. The van der Waals surface area contributed by atoms with Gasteiger partial charge in [0.05, 0.1) is 12.2 Å². The summed E-state index contributed by atoms with van der Waals surface area (Å²) in [6.07, 6.45) is 13.4. The van der Waals surface area contributed by atoms with E-state index < -0.39 is 5.97 Å². The van der Waals surface area contributed by atoms with Gasteiger partial charge in [-0.05, 0) is 48.2 Å². The summed E-state index contributed by atoms with van der Waals surface area (Å²) in [6.45, 7) is 7.19. The van der Waals surface area contributed by atoms with Crippen molar-refractivity contribution in [2.75, 3.05) is 6.61 Å². The van der Waals surface area contributed by atoms with E-state index >= 15 is 0 Å². The maximum atomic E-state index is 12.1. The number of hydrogen-bond donors (Lipinski definition) is 1. The lowest BCUT2D eigenvalue weighted by molar-refractivity contribution is 0.0696. The van der Waals surface area contributed by atoms with E-state index in [2.05, 4.69) is 62.4 Å². The van der Waals surface area contributed by atoms with E-state index in [-0.39, 0.29) is 17.3 Å². The number of aromatic carboxylic acids is 1. The Bertz CT molecular complexity index is 1090. The van der Waals surface area contributed by atoms with Crippen molar-refractivity contribution in [3.8, 4) is 16.9 Å².